The summed E-state index contributed by atoms with van der Waals surface area (Å²) < 4.78 is 1.59. The van der Waals surface area contributed by atoms with E-state index in [1.165, 1.54) is 36.3 Å². The van der Waals surface area contributed by atoms with Crippen LogP contribution in [0.25, 0.3) is 0 Å². The number of amides is 1. The predicted octanol–water partition coefficient (Wildman–Crippen LogP) is 5.15. The van der Waals surface area contributed by atoms with Gasteiger partial charge in [-0.2, -0.15) is 5.10 Å². The molecule has 1 amide bonds. The monoisotopic (exact) mass is 545 g/mol. The van der Waals surface area contributed by atoms with Gasteiger partial charge in [-0.05, 0) is 42.2 Å². The lowest BCUT2D eigenvalue weighted by atomic mass is 10.0. The fourth-order valence-electron chi connectivity index (χ4n) is 3.22. The smallest absolute Gasteiger partial charge is 0.281 e. The number of pyridine rings is 1. The molecule has 1 atom stereocenters. The van der Waals surface area contributed by atoms with Crippen molar-refractivity contribution >= 4 is 69.5 Å². The Balaban J connectivity index is 1.38. The van der Waals surface area contributed by atoms with Crippen molar-refractivity contribution in [1.82, 2.24) is 9.99 Å². The number of nitrogens with zero attached hydrogens (tertiary/aromatic N) is 2. The standard InChI is InChI=1S/C24H17Cl2N3O4S2/c1-13(16-12-34-23(22(16)32)14-2-3-17(25)18(26)10-14)27-28-24(33)21-5-4-20(35-21)19(31)11-29-8-6-15(30)7-9-29/h2-10,12,23H,11H2,1H3,(H,28,33)/b27-13+. The van der Waals surface area contributed by atoms with Crippen LogP contribution in [0.2, 0.25) is 10.0 Å². The number of thiophene rings is 1. The van der Waals surface area contributed by atoms with Crippen molar-refractivity contribution < 1.29 is 14.4 Å². The predicted molar refractivity (Wildman–Crippen MR) is 140 cm³/mol. The number of Topliss-reactive ketones (excluding diaryl/α,β-unsaturated/α-hetero) is 2. The molecule has 0 fully saturated rings. The van der Waals surface area contributed by atoms with Crippen molar-refractivity contribution in [2.75, 3.05) is 0 Å². The molecule has 0 radical (unpaired) electrons. The number of carbonyl (C=O) groups excluding carboxylic acids is 3. The third-order valence-electron chi connectivity index (χ3n) is 5.08. The summed E-state index contributed by atoms with van der Waals surface area (Å²) in [6.07, 6.45) is 3.06. The molecule has 3 aromatic rings. The van der Waals surface area contributed by atoms with Gasteiger partial charge >= 0.3 is 0 Å². The van der Waals surface area contributed by atoms with E-state index < -0.39 is 11.2 Å². The van der Waals surface area contributed by atoms with Gasteiger partial charge in [0.05, 0.1) is 37.3 Å². The number of hydrazone groups is 1. The second kappa shape index (κ2) is 10.7. The largest absolute Gasteiger partial charge is 0.346 e. The molecule has 35 heavy (non-hydrogen) atoms. The molecular weight excluding hydrogens is 529 g/mol. The summed E-state index contributed by atoms with van der Waals surface area (Å²) in [7, 11) is 0. The van der Waals surface area contributed by atoms with Crippen LogP contribution in [0.1, 0.15) is 37.1 Å². The summed E-state index contributed by atoms with van der Waals surface area (Å²) >= 11 is 14.4. The van der Waals surface area contributed by atoms with Crippen LogP contribution in [0.15, 0.2) is 75.7 Å². The third-order valence-corrected chi connectivity index (χ3v) is 8.07. The Hall–Kier alpha value is -2.98. The topological polar surface area (TPSA) is 97.6 Å². The van der Waals surface area contributed by atoms with E-state index in [0.29, 0.717) is 31.1 Å². The molecule has 1 unspecified atom stereocenters. The van der Waals surface area contributed by atoms with Crippen LogP contribution in [-0.2, 0) is 11.3 Å². The van der Waals surface area contributed by atoms with Gasteiger partial charge in [-0.15, -0.1) is 23.1 Å². The number of aromatic nitrogens is 1. The molecule has 4 rings (SSSR count). The van der Waals surface area contributed by atoms with Gasteiger partial charge in [-0.1, -0.05) is 29.3 Å². The van der Waals surface area contributed by atoms with Crippen LogP contribution in [-0.4, -0.2) is 27.8 Å². The highest BCUT2D eigenvalue weighted by molar-refractivity contribution is 8.03. The Morgan fingerprint density at radius 3 is 2.46 bits per heavy atom. The molecule has 0 saturated heterocycles. The zero-order chi connectivity index (χ0) is 25.1. The maximum atomic E-state index is 12.9. The molecule has 1 aromatic carbocycles. The first-order valence-electron chi connectivity index (χ1n) is 10.2. The van der Waals surface area contributed by atoms with Crippen LogP contribution in [0, 0.1) is 0 Å². The Labute approximate surface area is 218 Å². The van der Waals surface area contributed by atoms with Crippen LogP contribution < -0.4 is 10.9 Å². The van der Waals surface area contributed by atoms with Crippen molar-refractivity contribution in [3.8, 4) is 0 Å². The summed E-state index contributed by atoms with van der Waals surface area (Å²) in [6, 6.07) is 10.9. The molecule has 0 saturated carbocycles. The molecule has 1 aliphatic heterocycles. The summed E-state index contributed by atoms with van der Waals surface area (Å²) in [6.45, 7) is 1.68. The van der Waals surface area contributed by atoms with Gasteiger partial charge in [0, 0.05) is 30.1 Å². The van der Waals surface area contributed by atoms with Gasteiger partial charge in [0.1, 0.15) is 0 Å². The second-order valence-corrected chi connectivity index (χ2v) is 10.4. The Morgan fingerprint density at radius 2 is 1.74 bits per heavy atom. The van der Waals surface area contributed by atoms with Gasteiger partial charge < -0.3 is 4.57 Å². The number of hydrogen-bond donors (Lipinski definition) is 1. The van der Waals surface area contributed by atoms with E-state index in [1.807, 2.05) is 0 Å². The fourth-order valence-corrected chi connectivity index (χ4v) is 5.46. The quantitative estimate of drug-likeness (QED) is 0.251. The van der Waals surface area contributed by atoms with E-state index in [0.717, 1.165) is 16.9 Å². The minimum Gasteiger partial charge on any atom is -0.346 e. The van der Waals surface area contributed by atoms with Crippen molar-refractivity contribution in [1.29, 1.82) is 0 Å². The molecule has 1 aliphatic rings. The molecule has 0 aliphatic carbocycles. The molecular formula is C24H17Cl2N3O4S2. The van der Waals surface area contributed by atoms with Gasteiger partial charge in [0.25, 0.3) is 5.91 Å². The highest BCUT2D eigenvalue weighted by Crippen LogP contribution is 2.41. The molecule has 7 nitrogen and oxygen atoms in total. The lowest BCUT2D eigenvalue weighted by molar-refractivity contribution is -0.114. The molecule has 1 N–H and O–H groups in total. The molecule has 2 aromatic heterocycles. The number of ketones is 2. The number of carbonyl (C=O) groups is 3. The average Bonchev–Trinajstić information content (AvgIpc) is 3.48. The molecule has 0 spiro atoms. The van der Waals surface area contributed by atoms with E-state index in [4.69, 9.17) is 23.2 Å². The number of thioether (sulfide) groups is 1. The minimum atomic E-state index is -0.489. The van der Waals surface area contributed by atoms with E-state index >= 15 is 0 Å². The van der Waals surface area contributed by atoms with Crippen LogP contribution in [0.4, 0.5) is 0 Å². The zero-order valence-electron chi connectivity index (χ0n) is 18.2. The maximum Gasteiger partial charge on any atom is 0.281 e. The van der Waals surface area contributed by atoms with E-state index in [1.54, 1.807) is 47.2 Å². The second-order valence-electron chi connectivity index (χ2n) is 7.52. The average molecular weight is 546 g/mol. The van der Waals surface area contributed by atoms with E-state index in [-0.39, 0.29) is 23.5 Å². The summed E-state index contributed by atoms with van der Waals surface area (Å²) in [5.74, 6) is -0.823. The third kappa shape index (κ3) is 5.82. The molecule has 11 heteroatoms. The van der Waals surface area contributed by atoms with Crippen LogP contribution in [0.3, 0.4) is 0 Å². The normalized spacial score (nSPS) is 15.7. The lowest BCUT2D eigenvalue weighted by Crippen LogP contribution is -2.20. The lowest BCUT2D eigenvalue weighted by Gasteiger charge is -2.10. The van der Waals surface area contributed by atoms with Crippen molar-refractivity contribution in [2.45, 2.75) is 18.7 Å². The number of allylic oxidation sites excluding steroid dienone is 1. The first-order valence-corrected chi connectivity index (χ1v) is 12.7. The highest BCUT2D eigenvalue weighted by atomic mass is 35.5. The van der Waals surface area contributed by atoms with Gasteiger partial charge in [-0.25, -0.2) is 5.43 Å². The first-order chi connectivity index (χ1) is 16.7. The van der Waals surface area contributed by atoms with Crippen molar-refractivity contribution in [3.63, 3.8) is 0 Å². The zero-order valence-corrected chi connectivity index (χ0v) is 21.3. The minimum absolute atomic E-state index is 0.0487. The Bertz CT molecular complexity index is 1440. The number of nitrogens with one attached hydrogen (secondary N) is 1. The maximum absolute atomic E-state index is 12.9. The molecule has 0 bridgehead atoms. The number of halogens is 2. The van der Waals surface area contributed by atoms with Gasteiger partial charge in [-0.3, -0.25) is 19.2 Å². The van der Waals surface area contributed by atoms with Crippen molar-refractivity contribution in [3.05, 3.63) is 101 Å². The highest BCUT2D eigenvalue weighted by Gasteiger charge is 2.31. The number of benzene rings is 1. The summed E-state index contributed by atoms with van der Waals surface area (Å²) in [5, 5.41) is 6.11. The summed E-state index contributed by atoms with van der Waals surface area (Å²) in [4.78, 5) is 49.8. The fraction of sp³-hybridized carbons (Fsp3) is 0.125. The Morgan fingerprint density at radius 1 is 1.03 bits per heavy atom. The SMILES string of the molecule is C/C(=N\NC(=O)c1ccc(C(=O)Cn2ccc(=O)cc2)s1)C1=CSC(c2ccc(Cl)c(Cl)c2)C1=O. The number of hydrogen-bond acceptors (Lipinski definition) is 7. The van der Waals surface area contributed by atoms with Gasteiger partial charge in [0.2, 0.25) is 0 Å². The van der Waals surface area contributed by atoms with Crippen molar-refractivity contribution in [2.24, 2.45) is 5.10 Å². The summed E-state index contributed by atoms with van der Waals surface area (Å²) in [5.41, 5.74) is 3.80. The molecule has 178 valence electrons. The number of rotatable bonds is 7. The Kier molecular flexibility index (Phi) is 7.71. The van der Waals surface area contributed by atoms with Gasteiger partial charge in [0.15, 0.2) is 17.0 Å². The van der Waals surface area contributed by atoms with Crippen LogP contribution >= 0.6 is 46.3 Å². The van der Waals surface area contributed by atoms with E-state index in [2.05, 4.69) is 10.5 Å². The molecule has 3 heterocycles. The van der Waals surface area contributed by atoms with Crippen LogP contribution in [0.5, 0.6) is 0 Å². The van der Waals surface area contributed by atoms with E-state index in [9.17, 15) is 19.2 Å². The first kappa shape index (κ1) is 25.1.